The van der Waals surface area contributed by atoms with E-state index in [0.29, 0.717) is 32.5 Å². The smallest absolute Gasteiger partial charge is 0.123 e. The zero-order valence-corrected chi connectivity index (χ0v) is 21.6. The Bertz CT molecular complexity index is 898. The van der Waals surface area contributed by atoms with Gasteiger partial charge in [0.25, 0.3) is 0 Å². The third kappa shape index (κ3) is 10.3. The molecule has 0 saturated heterocycles. The van der Waals surface area contributed by atoms with Gasteiger partial charge in [-0.3, -0.25) is 4.90 Å². The van der Waals surface area contributed by atoms with Crippen LogP contribution in [0.2, 0.25) is 0 Å². The molecule has 6 heteroatoms. The van der Waals surface area contributed by atoms with E-state index in [4.69, 9.17) is 14.2 Å². The fourth-order valence-electron chi connectivity index (χ4n) is 3.42. The first-order chi connectivity index (χ1) is 15.6. The van der Waals surface area contributed by atoms with E-state index in [-0.39, 0.29) is 12.4 Å². The van der Waals surface area contributed by atoms with Crippen molar-refractivity contribution in [3.05, 3.63) is 53.2 Å². The molecule has 0 radical (unpaired) electrons. The van der Waals surface area contributed by atoms with Crippen LogP contribution < -0.4 is 4.74 Å². The Labute approximate surface area is 209 Å². The number of hydrogen-bond acceptors (Lipinski definition) is 5. The average molecular weight is 490 g/mol. The van der Waals surface area contributed by atoms with Crippen LogP contribution in [0.25, 0.3) is 11.1 Å². The summed E-state index contributed by atoms with van der Waals surface area (Å²) < 4.78 is 17.3. The number of ether oxygens (including phenoxy) is 3. The summed E-state index contributed by atoms with van der Waals surface area (Å²) in [6.07, 6.45) is 6.63. The first kappa shape index (κ1) is 27.4. The summed E-state index contributed by atoms with van der Waals surface area (Å²) in [6.45, 7) is 10.4. The van der Waals surface area contributed by atoms with Crippen molar-refractivity contribution in [2.75, 3.05) is 39.5 Å². The van der Waals surface area contributed by atoms with Crippen LogP contribution >= 0.6 is 23.7 Å². The van der Waals surface area contributed by atoms with Gasteiger partial charge < -0.3 is 14.2 Å². The summed E-state index contributed by atoms with van der Waals surface area (Å²) >= 11 is 1.70. The molecule has 4 nitrogen and oxygen atoms in total. The predicted molar refractivity (Wildman–Crippen MR) is 141 cm³/mol. The third-order valence-corrected chi connectivity index (χ3v) is 5.87. The van der Waals surface area contributed by atoms with E-state index in [2.05, 4.69) is 51.8 Å². The second-order valence-electron chi connectivity index (χ2n) is 8.34. The van der Waals surface area contributed by atoms with Crippen LogP contribution in [0, 0.1) is 11.8 Å². The standard InChI is InChI=1S/C27H35NO3S.ClH/c1-4-31-27(2,3)14-6-5-7-15-28(25-11-12-25)16-17-29-18-19-30-26-10-8-9-23(21-26)24-13-20-32-22-24;/h5,7-10,13,20-22,25H,4,11-12,15-19H2,1-3H3;1H. The van der Waals surface area contributed by atoms with E-state index < -0.39 is 5.60 Å². The third-order valence-electron chi connectivity index (χ3n) is 5.19. The molecular weight excluding hydrogens is 454 g/mol. The largest absolute Gasteiger partial charge is 0.491 e. The van der Waals surface area contributed by atoms with E-state index >= 15 is 0 Å². The molecule has 180 valence electrons. The minimum atomic E-state index is -0.392. The first-order valence-corrected chi connectivity index (χ1v) is 12.4. The highest BCUT2D eigenvalue weighted by Crippen LogP contribution is 2.27. The van der Waals surface area contributed by atoms with Crippen molar-refractivity contribution in [1.29, 1.82) is 0 Å². The molecule has 3 rings (SSSR count). The van der Waals surface area contributed by atoms with E-state index in [1.54, 1.807) is 11.3 Å². The number of allylic oxidation sites excluding steroid dienone is 1. The van der Waals surface area contributed by atoms with E-state index in [1.807, 2.05) is 39.0 Å². The van der Waals surface area contributed by atoms with Crippen LogP contribution in [0.15, 0.2) is 53.2 Å². The fourth-order valence-corrected chi connectivity index (χ4v) is 4.08. The van der Waals surface area contributed by atoms with Gasteiger partial charge in [0.1, 0.15) is 18.0 Å². The van der Waals surface area contributed by atoms with Crippen molar-refractivity contribution in [3.63, 3.8) is 0 Å². The molecule has 0 aliphatic heterocycles. The first-order valence-electron chi connectivity index (χ1n) is 11.5. The monoisotopic (exact) mass is 489 g/mol. The maximum absolute atomic E-state index is 5.88. The molecule has 1 aliphatic carbocycles. The molecule has 1 fully saturated rings. The van der Waals surface area contributed by atoms with Crippen LogP contribution in [-0.2, 0) is 9.47 Å². The minimum Gasteiger partial charge on any atom is -0.491 e. The number of benzene rings is 1. The van der Waals surface area contributed by atoms with Crippen molar-refractivity contribution in [3.8, 4) is 28.7 Å². The van der Waals surface area contributed by atoms with Crippen LogP contribution in [0.3, 0.4) is 0 Å². The van der Waals surface area contributed by atoms with Gasteiger partial charge in [-0.25, -0.2) is 0 Å². The second-order valence-corrected chi connectivity index (χ2v) is 9.12. The Hall–Kier alpha value is -1.81. The molecule has 0 N–H and O–H groups in total. The van der Waals surface area contributed by atoms with Crippen LogP contribution in [0.1, 0.15) is 33.6 Å². The Morgan fingerprint density at radius 3 is 2.73 bits per heavy atom. The highest BCUT2D eigenvalue weighted by Gasteiger charge is 2.27. The molecule has 0 bridgehead atoms. The average Bonchev–Trinajstić information content (AvgIpc) is 3.47. The molecule has 0 amide bonds. The van der Waals surface area contributed by atoms with E-state index in [9.17, 15) is 0 Å². The summed E-state index contributed by atoms with van der Waals surface area (Å²) in [7, 11) is 0. The Kier molecular flexibility index (Phi) is 12.0. The normalized spacial score (nSPS) is 13.6. The van der Waals surface area contributed by atoms with Crippen molar-refractivity contribution >= 4 is 23.7 Å². The maximum atomic E-state index is 5.88. The van der Waals surface area contributed by atoms with Gasteiger partial charge in [0.2, 0.25) is 0 Å². The van der Waals surface area contributed by atoms with Crippen LogP contribution in [0.4, 0.5) is 0 Å². The molecule has 1 heterocycles. The number of halogens is 1. The van der Waals surface area contributed by atoms with Crippen LogP contribution in [-0.4, -0.2) is 56.1 Å². The summed E-state index contributed by atoms with van der Waals surface area (Å²) in [6, 6.07) is 11.0. The number of thiophene rings is 1. The molecular formula is C27H36ClNO3S. The molecule has 2 aromatic rings. The Balaban J connectivity index is 0.00000385. The van der Waals surface area contributed by atoms with E-state index in [1.165, 1.54) is 24.0 Å². The molecule has 1 saturated carbocycles. The summed E-state index contributed by atoms with van der Waals surface area (Å²) in [4.78, 5) is 2.47. The molecule has 1 aromatic heterocycles. The van der Waals surface area contributed by atoms with Gasteiger partial charge in [-0.1, -0.05) is 30.0 Å². The molecule has 0 spiro atoms. The predicted octanol–water partition coefficient (Wildman–Crippen LogP) is 6.07. The van der Waals surface area contributed by atoms with Gasteiger partial charge in [0, 0.05) is 25.7 Å². The molecule has 1 aromatic carbocycles. The van der Waals surface area contributed by atoms with Gasteiger partial charge in [-0.15, -0.1) is 12.4 Å². The summed E-state index contributed by atoms with van der Waals surface area (Å²) in [5.74, 6) is 7.15. The summed E-state index contributed by atoms with van der Waals surface area (Å²) in [5.41, 5.74) is 2.02. The topological polar surface area (TPSA) is 30.9 Å². The lowest BCUT2D eigenvalue weighted by Crippen LogP contribution is -2.30. The highest BCUT2D eigenvalue weighted by atomic mass is 35.5. The molecule has 1 aliphatic rings. The molecule has 33 heavy (non-hydrogen) atoms. The van der Waals surface area contributed by atoms with Crippen molar-refractivity contribution in [1.82, 2.24) is 4.90 Å². The number of nitrogens with zero attached hydrogens (tertiary/aromatic N) is 1. The fraction of sp³-hybridized carbons (Fsp3) is 0.481. The van der Waals surface area contributed by atoms with Gasteiger partial charge in [-0.2, -0.15) is 11.3 Å². The van der Waals surface area contributed by atoms with Gasteiger partial charge in [-0.05, 0) is 79.8 Å². The van der Waals surface area contributed by atoms with E-state index in [0.717, 1.165) is 18.8 Å². The maximum Gasteiger partial charge on any atom is 0.123 e. The molecule has 0 atom stereocenters. The van der Waals surface area contributed by atoms with Crippen molar-refractivity contribution in [2.24, 2.45) is 0 Å². The lowest BCUT2D eigenvalue weighted by atomic mass is 10.1. The van der Waals surface area contributed by atoms with Gasteiger partial charge >= 0.3 is 0 Å². The van der Waals surface area contributed by atoms with Gasteiger partial charge in [0.15, 0.2) is 0 Å². The minimum absolute atomic E-state index is 0. The summed E-state index contributed by atoms with van der Waals surface area (Å²) in [5, 5.41) is 4.24. The molecule has 0 unspecified atom stereocenters. The zero-order chi connectivity index (χ0) is 22.7. The SMILES string of the molecule is CCOC(C)(C)C#CC=CCN(CCOCCOc1cccc(-c2ccsc2)c1)C1CC1.Cl. The zero-order valence-electron chi connectivity index (χ0n) is 19.9. The van der Waals surface area contributed by atoms with Crippen LogP contribution in [0.5, 0.6) is 5.75 Å². The lowest BCUT2D eigenvalue weighted by molar-refractivity contribution is 0.0362. The Morgan fingerprint density at radius 1 is 1.15 bits per heavy atom. The Morgan fingerprint density at radius 2 is 2.00 bits per heavy atom. The quantitative estimate of drug-likeness (QED) is 0.252. The van der Waals surface area contributed by atoms with Crippen molar-refractivity contribution < 1.29 is 14.2 Å². The second kappa shape index (κ2) is 14.5. The van der Waals surface area contributed by atoms with Crippen molar-refractivity contribution in [2.45, 2.75) is 45.3 Å². The number of rotatable bonds is 13. The lowest BCUT2D eigenvalue weighted by Gasteiger charge is -2.20. The number of hydrogen-bond donors (Lipinski definition) is 0. The van der Waals surface area contributed by atoms with Gasteiger partial charge in [0.05, 0.1) is 13.2 Å². The highest BCUT2D eigenvalue weighted by molar-refractivity contribution is 7.08.